The number of sulfonamides is 1. The smallest absolute Gasteiger partial charge is 0.258 e. The van der Waals surface area contributed by atoms with Gasteiger partial charge < -0.3 is 0 Å². The first kappa shape index (κ1) is 13.4. The summed E-state index contributed by atoms with van der Waals surface area (Å²) >= 11 is 0. The average molecular weight is 267 g/mol. The van der Waals surface area contributed by atoms with Gasteiger partial charge in [0.1, 0.15) is 5.56 Å². The van der Waals surface area contributed by atoms with Gasteiger partial charge >= 0.3 is 0 Å². The Morgan fingerprint density at radius 3 is 2.41 bits per heavy atom. The number of pyridine rings is 1. The maximum absolute atomic E-state index is 12.5. The van der Waals surface area contributed by atoms with Gasteiger partial charge in [-0.15, -0.1) is 0 Å². The van der Waals surface area contributed by atoms with E-state index in [0.717, 1.165) is 6.92 Å². The Morgan fingerprint density at radius 1 is 1.53 bits per heavy atom. The van der Waals surface area contributed by atoms with Crippen LogP contribution >= 0.6 is 0 Å². The zero-order valence-corrected chi connectivity index (χ0v) is 9.24. The van der Waals surface area contributed by atoms with Gasteiger partial charge in [-0.25, -0.2) is 27.3 Å². The van der Waals surface area contributed by atoms with Crippen molar-refractivity contribution in [1.82, 2.24) is 4.98 Å². The van der Waals surface area contributed by atoms with Gasteiger partial charge in [-0.2, -0.15) is 0 Å². The first-order valence-electron chi connectivity index (χ1n) is 4.11. The van der Waals surface area contributed by atoms with Gasteiger partial charge in [-0.3, -0.25) is 10.1 Å². The molecule has 0 radical (unpaired) electrons. The standard InChI is InChI=1S/C7H7F2N3O4S/c1-3-5(12(13)14)4(6(8)9)2-11-7(3)17(10,15)16/h2,6H,1H3,(H2,10,15,16). The van der Waals surface area contributed by atoms with E-state index in [1.54, 1.807) is 0 Å². The van der Waals surface area contributed by atoms with Crippen molar-refractivity contribution in [3.63, 3.8) is 0 Å². The summed E-state index contributed by atoms with van der Waals surface area (Å²) in [6, 6.07) is 0. The number of aromatic nitrogens is 1. The number of alkyl halides is 2. The summed E-state index contributed by atoms with van der Waals surface area (Å²) in [6.45, 7) is 0.997. The molecule has 1 heterocycles. The third-order valence-electron chi connectivity index (χ3n) is 1.96. The maximum atomic E-state index is 12.5. The van der Waals surface area contributed by atoms with Gasteiger partial charge in [-0.05, 0) is 6.92 Å². The van der Waals surface area contributed by atoms with Gasteiger partial charge in [0.25, 0.3) is 22.1 Å². The van der Waals surface area contributed by atoms with Crippen LogP contribution in [0.2, 0.25) is 0 Å². The summed E-state index contributed by atoms with van der Waals surface area (Å²) in [7, 11) is -4.29. The van der Waals surface area contributed by atoms with Crippen LogP contribution in [-0.4, -0.2) is 18.3 Å². The molecule has 0 saturated carbocycles. The van der Waals surface area contributed by atoms with Crippen LogP contribution in [0.15, 0.2) is 11.2 Å². The summed E-state index contributed by atoms with van der Waals surface area (Å²) < 4.78 is 47.0. The molecule has 0 aliphatic rings. The molecule has 0 aromatic carbocycles. The lowest BCUT2D eigenvalue weighted by atomic mass is 10.1. The first-order chi connectivity index (χ1) is 7.66. The second kappa shape index (κ2) is 4.30. The lowest BCUT2D eigenvalue weighted by Crippen LogP contribution is -2.17. The van der Waals surface area contributed by atoms with Crippen molar-refractivity contribution >= 4 is 15.7 Å². The van der Waals surface area contributed by atoms with Crippen molar-refractivity contribution in [3.8, 4) is 0 Å². The van der Waals surface area contributed by atoms with Crippen molar-refractivity contribution in [2.75, 3.05) is 0 Å². The molecule has 0 amide bonds. The molecule has 0 unspecified atom stereocenters. The summed E-state index contributed by atoms with van der Waals surface area (Å²) in [4.78, 5) is 12.8. The normalized spacial score (nSPS) is 11.8. The van der Waals surface area contributed by atoms with Crippen molar-refractivity contribution in [2.24, 2.45) is 5.14 Å². The molecule has 0 atom stereocenters. The topological polar surface area (TPSA) is 116 Å². The van der Waals surface area contributed by atoms with Crippen LogP contribution in [-0.2, 0) is 10.0 Å². The highest BCUT2D eigenvalue weighted by molar-refractivity contribution is 7.89. The molecule has 94 valence electrons. The molecule has 17 heavy (non-hydrogen) atoms. The molecule has 10 heteroatoms. The molecule has 0 aliphatic heterocycles. The lowest BCUT2D eigenvalue weighted by molar-refractivity contribution is -0.387. The molecule has 0 saturated heterocycles. The molecule has 0 fully saturated rings. The quantitative estimate of drug-likeness (QED) is 0.644. The van der Waals surface area contributed by atoms with Gasteiger partial charge in [0.15, 0.2) is 5.03 Å². The van der Waals surface area contributed by atoms with Gasteiger partial charge in [0.05, 0.1) is 10.5 Å². The molecule has 7 nitrogen and oxygen atoms in total. The number of halogens is 2. The van der Waals surface area contributed by atoms with Gasteiger partial charge in [0, 0.05) is 6.20 Å². The number of hydrogen-bond donors (Lipinski definition) is 1. The summed E-state index contributed by atoms with van der Waals surface area (Å²) in [5.74, 6) is 0. The Balaban J connectivity index is 3.67. The zero-order chi connectivity index (χ0) is 13.4. The van der Waals surface area contributed by atoms with Crippen LogP contribution in [0.4, 0.5) is 14.5 Å². The summed E-state index contributed by atoms with van der Waals surface area (Å²) in [6.07, 6.45) is -2.69. The highest BCUT2D eigenvalue weighted by Crippen LogP contribution is 2.33. The van der Waals surface area contributed by atoms with E-state index < -0.39 is 43.2 Å². The zero-order valence-electron chi connectivity index (χ0n) is 8.42. The second-order valence-electron chi connectivity index (χ2n) is 3.10. The van der Waals surface area contributed by atoms with Crippen molar-refractivity contribution in [3.05, 3.63) is 27.4 Å². The summed E-state index contributed by atoms with van der Waals surface area (Å²) in [5, 5.41) is 14.6. The Bertz CT molecular complexity index is 573. The Morgan fingerprint density at radius 2 is 2.06 bits per heavy atom. The molecule has 1 aromatic rings. The number of nitrogens with zero attached hydrogens (tertiary/aromatic N) is 2. The minimum Gasteiger partial charge on any atom is -0.258 e. The summed E-state index contributed by atoms with van der Waals surface area (Å²) in [5.41, 5.74) is -2.44. The van der Waals surface area contributed by atoms with Crippen LogP contribution in [0.1, 0.15) is 17.6 Å². The van der Waals surface area contributed by atoms with E-state index in [1.165, 1.54) is 0 Å². The van der Waals surface area contributed by atoms with E-state index in [1.807, 2.05) is 0 Å². The SMILES string of the molecule is Cc1c(S(N)(=O)=O)ncc(C(F)F)c1[N+](=O)[O-]. The van der Waals surface area contributed by atoms with E-state index in [2.05, 4.69) is 4.98 Å². The molecular weight excluding hydrogens is 260 g/mol. The monoisotopic (exact) mass is 267 g/mol. The van der Waals surface area contributed by atoms with E-state index >= 15 is 0 Å². The van der Waals surface area contributed by atoms with Crippen molar-refractivity contribution in [2.45, 2.75) is 18.4 Å². The molecule has 0 bridgehead atoms. The Kier molecular flexibility index (Phi) is 3.38. The average Bonchev–Trinajstić information content (AvgIpc) is 2.13. The number of nitro groups is 1. The van der Waals surface area contributed by atoms with E-state index in [0.29, 0.717) is 6.20 Å². The van der Waals surface area contributed by atoms with Crippen LogP contribution in [0.3, 0.4) is 0 Å². The molecule has 0 aliphatic carbocycles. The number of primary sulfonamides is 1. The van der Waals surface area contributed by atoms with E-state index in [4.69, 9.17) is 5.14 Å². The fourth-order valence-corrected chi connectivity index (χ4v) is 2.02. The third-order valence-corrected chi connectivity index (χ3v) is 2.91. The Labute approximate surface area is 94.5 Å². The number of nitrogens with two attached hydrogens (primary N) is 1. The number of hydrogen-bond acceptors (Lipinski definition) is 5. The minimum atomic E-state index is -4.29. The predicted octanol–water partition coefficient (Wildman–Crippen LogP) is 0.883. The predicted molar refractivity (Wildman–Crippen MR) is 52.0 cm³/mol. The van der Waals surface area contributed by atoms with Crippen LogP contribution in [0.5, 0.6) is 0 Å². The van der Waals surface area contributed by atoms with Crippen molar-refractivity contribution in [1.29, 1.82) is 0 Å². The molecular formula is C7H7F2N3O4S. The fourth-order valence-electron chi connectivity index (χ4n) is 1.29. The van der Waals surface area contributed by atoms with E-state index in [9.17, 15) is 27.3 Å². The minimum absolute atomic E-state index is 0.440. The largest absolute Gasteiger partial charge is 0.285 e. The highest BCUT2D eigenvalue weighted by atomic mass is 32.2. The first-order valence-corrected chi connectivity index (χ1v) is 5.65. The maximum Gasteiger partial charge on any atom is 0.285 e. The van der Waals surface area contributed by atoms with Crippen LogP contribution in [0.25, 0.3) is 0 Å². The van der Waals surface area contributed by atoms with Crippen LogP contribution < -0.4 is 5.14 Å². The molecule has 0 spiro atoms. The molecule has 1 aromatic heterocycles. The van der Waals surface area contributed by atoms with Crippen LogP contribution in [0, 0.1) is 17.0 Å². The lowest BCUT2D eigenvalue weighted by Gasteiger charge is -2.07. The Hall–Kier alpha value is -1.68. The van der Waals surface area contributed by atoms with Gasteiger partial charge in [0.2, 0.25) is 0 Å². The van der Waals surface area contributed by atoms with Crippen molar-refractivity contribution < 1.29 is 22.1 Å². The molecule has 1 rings (SSSR count). The number of rotatable bonds is 3. The highest BCUT2D eigenvalue weighted by Gasteiger charge is 2.29. The van der Waals surface area contributed by atoms with E-state index in [-0.39, 0.29) is 0 Å². The second-order valence-corrected chi connectivity index (χ2v) is 4.57. The molecule has 2 N–H and O–H groups in total. The van der Waals surface area contributed by atoms with Gasteiger partial charge in [-0.1, -0.05) is 0 Å². The third kappa shape index (κ3) is 2.53. The fraction of sp³-hybridized carbons (Fsp3) is 0.286.